The molecule has 0 bridgehead atoms. The second kappa shape index (κ2) is 3.88. The summed E-state index contributed by atoms with van der Waals surface area (Å²) in [5.41, 5.74) is 0. The summed E-state index contributed by atoms with van der Waals surface area (Å²) in [6, 6.07) is 0. The highest BCUT2D eigenvalue weighted by atomic mass is 35.5. The van der Waals surface area contributed by atoms with E-state index in [4.69, 9.17) is 5.11 Å². The van der Waals surface area contributed by atoms with Crippen molar-refractivity contribution in [2.45, 2.75) is 43.6 Å². The van der Waals surface area contributed by atoms with Gasteiger partial charge in [-0.3, -0.25) is 0 Å². The van der Waals surface area contributed by atoms with Gasteiger partial charge in [-0.05, 0) is 23.9 Å². The maximum Gasteiger partial charge on any atom is 0.347 e. The molecule has 1 aliphatic rings. The van der Waals surface area contributed by atoms with Gasteiger partial charge in [0.15, 0.2) is 0 Å². The topological polar surface area (TPSA) is 20.2 Å². The van der Waals surface area contributed by atoms with Gasteiger partial charge in [0, 0.05) is 0 Å². The van der Waals surface area contributed by atoms with Crippen molar-refractivity contribution in [3.63, 3.8) is 0 Å². The predicted octanol–water partition coefficient (Wildman–Crippen LogP) is 2.76. The van der Waals surface area contributed by atoms with Gasteiger partial charge >= 0.3 is 5.38 Å². The maximum atomic E-state index is 12.3. The Morgan fingerprint density at radius 3 is 2.33 bits per heavy atom. The van der Waals surface area contributed by atoms with Crippen molar-refractivity contribution < 1.29 is 13.9 Å². The Morgan fingerprint density at radius 1 is 1.42 bits per heavy atom. The minimum atomic E-state index is -3.46. The molecule has 0 aliphatic heterocycles. The number of aliphatic hydroxyl groups is 1. The van der Waals surface area contributed by atoms with Gasteiger partial charge in [-0.15, -0.1) is 0 Å². The lowest BCUT2D eigenvalue weighted by Gasteiger charge is -2.18. The molecule has 1 atom stereocenters. The van der Waals surface area contributed by atoms with E-state index in [9.17, 15) is 8.78 Å². The zero-order valence-electron chi connectivity index (χ0n) is 6.77. The molecule has 1 N–H and O–H groups in total. The third kappa shape index (κ3) is 2.87. The first-order valence-corrected chi connectivity index (χ1v) is 4.62. The molecular weight excluding hydrogens is 186 g/mol. The average Bonchev–Trinajstić information content (AvgIpc) is 2.37. The minimum absolute atomic E-state index is 0.135. The Hall–Kier alpha value is 0.110. The second-order valence-electron chi connectivity index (χ2n) is 3.44. The summed E-state index contributed by atoms with van der Waals surface area (Å²) >= 11 is 4.68. The third-order valence-corrected chi connectivity index (χ3v) is 2.66. The quantitative estimate of drug-likeness (QED) is 0.692. The molecule has 0 heterocycles. The van der Waals surface area contributed by atoms with E-state index in [-0.39, 0.29) is 12.3 Å². The summed E-state index contributed by atoms with van der Waals surface area (Å²) in [5, 5.41) is 5.51. The molecule has 0 aromatic carbocycles. The van der Waals surface area contributed by atoms with E-state index in [1.807, 2.05) is 0 Å². The molecular formula is C8H13ClF2O. The number of hydrogen-bond acceptors (Lipinski definition) is 1. The summed E-state index contributed by atoms with van der Waals surface area (Å²) in [4.78, 5) is 0. The molecule has 72 valence electrons. The fourth-order valence-corrected chi connectivity index (χ4v) is 1.78. The zero-order valence-corrected chi connectivity index (χ0v) is 7.53. The van der Waals surface area contributed by atoms with Crippen LogP contribution in [0.15, 0.2) is 0 Å². The third-order valence-electron chi connectivity index (χ3n) is 2.41. The van der Waals surface area contributed by atoms with Crippen LogP contribution in [0.4, 0.5) is 8.78 Å². The van der Waals surface area contributed by atoms with E-state index < -0.39 is 11.5 Å². The van der Waals surface area contributed by atoms with Crippen molar-refractivity contribution in [2.24, 2.45) is 5.92 Å². The standard InChI is InChI=1S/C8H13ClF2O/c9-8(10,11)7(12)5-6-3-1-2-4-6/h6-7,12H,1-5H2. The van der Waals surface area contributed by atoms with E-state index in [2.05, 4.69) is 11.6 Å². The van der Waals surface area contributed by atoms with Crippen LogP contribution in [0.25, 0.3) is 0 Å². The molecule has 1 fully saturated rings. The van der Waals surface area contributed by atoms with Crippen LogP contribution >= 0.6 is 11.6 Å². The van der Waals surface area contributed by atoms with Crippen LogP contribution in [0, 0.1) is 5.92 Å². The van der Waals surface area contributed by atoms with Crippen LogP contribution in [-0.4, -0.2) is 16.6 Å². The van der Waals surface area contributed by atoms with Gasteiger partial charge in [0.1, 0.15) is 6.10 Å². The lowest BCUT2D eigenvalue weighted by molar-refractivity contribution is -0.0512. The summed E-state index contributed by atoms with van der Waals surface area (Å²) in [7, 11) is 0. The number of halogens is 3. The summed E-state index contributed by atoms with van der Waals surface area (Å²) < 4.78 is 24.6. The van der Waals surface area contributed by atoms with Gasteiger partial charge in [0.05, 0.1) is 0 Å². The monoisotopic (exact) mass is 198 g/mol. The van der Waals surface area contributed by atoms with Crippen molar-refractivity contribution in [2.75, 3.05) is 0 Å². The molecule has 0 aromatic heterocycles. The number of aliphatic hydroxyl groups excluding tert-OH is 1. The SMILES string of the molecule is OC(CC1CCCC1)C(F)(F)Cl. The van der Waals surface area contributed by atoms with Crippen molar-refractivity contribution in [3.05, 3.63) is 0 Å². The van der Waals surface area contributed by atoms with Crippen LogP contribution in [0.1, 0.15) is 32.1 Å². The Balaban J connectivity index is 2.30. The Labute approximate surface area is 75.7 Å². The van der Waals surface area contributed by atoms with E-state index in [0.29, 0.717) is 0 Å². The molecule has 1 unspecified atom stereocenters. The number of hydrogen-bond donors (Lipinski definition) is 1. The lowest BCUT2D eigenvalue weighted by atomic mass is 10.0. The molecule has 0 amide bonds. The van der Waals surface area contributed by atoms with Crippen molar-refractivity contribution in [1.82, 2.24) is 0 Å². The maximum absolute atomic E-state index is 12.3. The van der Waals surface area contributed by atoms with Gasteiger partial charge in [0.25, 0.3) is 0 Å². The van der Waals surface area contributed by atoms with Gasteiger partial charge in [0.2, 0.25) is 0 Å². The molecule has 1 aliphatic carbocycles. The highest BCUT2D eigenvalue weighted by Gasteiger charge is 2.37. The molecule has 1 nitrogen and oxygen atoms in total. The molecule has 0 spiro atoms. The Kier molecular flexibility index (Phi) is 3.29. The van der Waals surface area contributed by atoms with E-state index in [1.165, 1.54) is 0 Å². The first-order valence-electron chi connectivity index (χ1n) is 4.25. The number of rotatable bonds is 3. The summed E-state index contributed by atoms with van der Waals surface area (Å²) in [6.07, 6.45) is 2.53. The minimum Gasteiger partial charge on any atom is -0.385 e. The Bertz CT molecular complexity index is 140. The first-order chi connectivity index (χ1) is 5.50. The summed E-state index contributed by atoms with van der Waals surface area (Å²) in [6.45, 7) is 0. The zero-order chi connectivity index (χ0) is 9.19. The van der Waals surface area contributed by atoms with Crippen molar-refractivity contribution in [3.8, 4) is 0 Å². The molecule has 0 radical (unpaired) electrons. The highest BCUT2D eigenvalue weighted by Crippen LogP contribution is 2.34. The van der Waals surface area contributed by atoms with Crippen molar-refractivity contribution in [1.29, 1.82) is 0 Å². The number of alkyl halides is 3. The van der Waals surface area contributed by atoms with Gasteiger partial charge in [-0.1, -0.05) is 25.7 Å². The second-order valence-corrected chi connectivity index (χ2v) is 3.95. The normalized spacial score (nSPS) is 23.0. The molecule has 12 heavy (non-hydrogen) atoms. The average molecular weight is 199 g/mol. The smallest absolute Gasteiger partial charge is 0.347 e. The van der Waals surface area contributed by atoms with E-state index >= 15 is 0 Å². The highest BCUT2D eigenvalue weighted by molar-refractivity contribution is 6.22. The van der Waals surface area contributed by atoms with Gasteiger partial charge in [-0.2, -0.15) is 8.78 Å². The lowest BCUT2D eigenvalue weighted by Crippen LogP contribution is -2.29. The molecule has 4 heteroatoms. The van der Waals surface area contributed by atoms with Gasteiger partial charge in [-0.25, -0.2) is 0 Å². The fraction of sp³-hybridized carbons (Fsp3) is 1.00. The van der Waals surface area contributed by atoms with Crippen LogP contribution < -0.4 is 0 Å². The van der Waals surface area contributed by atoms with Crippen LogP contribution in [0.5, 0.6) is 0 Å². The van der Waals surface area contributed by atoms with Gasteiger partial charge < -0.3 is 5.11 Å². The molecule has 1 saturated carbocycles. The molecule has 0 aromatic rings. The van der Waals surface area contributed by atoms with E-state index in [0.717, 1.165) is 25.7 Å². The van der Waals surface area contributed by atoms with E-state index in [1.54, 1.807) is 0 Å². The fourth-order valence-electron chi connectivity index (χ4n) is 1.70. The van der Waals surface area contributed by atoms with Crippen molar-refractivity contribution >= 4 is 11.6 Å². The summed E-state index contributed by atoms with van der Waals surface area (Å²) in [5.74, 6) is 0.240. The molecule has 1 rings (SSSR count). The molecule has 0 saturated heterocycles. The van der Waals surface area contributed by atoms with Crippen LogP contribution in [-0.2, 0) is 0 Å². The largest absolute Gasteiger partial charge is 0.385 e. The Morgan fingerprint density at radius 2 is 1.92 bits per heavy atom. The van der Waals surface area contributed by atoms with Crippen LogP contribution in [0.3, 0.4) is 0 Å². The predicted molar refractivity (Wildman–Crippen MR) is 43.4 cm³/mol. The van der Waals surface area contributed by atoms with Crippen LogP contribution in [0.2, 0.25) is 0 Å². The first kappa shape index (κ1) is 10.2.